The van der Waals surface area contributed by atoms with Gasteiger partial charge in [-0.1, -0.05) is 5.57 Å². The van der Waals surface area contributed by atoms with Gasteiger partial charge in [-0.2, -0.15) is 0 Å². The Morgan fingerprint density at radius 1 is 1.45 bits per heavy atom. The lowest BCUT2D eigenvalue weighted by molar-refractivity contribution is -0.117. The minimum absolute atomic E-state index is 0.0248. The zero-order valence-corrected chi connectivity index (χ0v) is 12.3. The van der Waals surface area contributed by atoms with Gasteiger partial charge in [-0.25, -0.2) is 8.78 Å². The summed E-state index contributed by atoms with van der Waals surface area (Å²) in [5, 5.41) is 12.3. The third-order valence-electron chi connectivity index (χ3n) is 3.43. The van der Waals surface area contributed by atoms with E-state index in [1.165, 1.54) is 6.07 Å². The Kier molecular flexibility index (Phi) is 5.49. The molecule has 1 aromatic carbocycles. The maximum atomic E-state index is 13.0. The van der Waals surface area contributed by atoms with Crippen LogP contribution in [0.15, 0.2) is 29.8 Å². The second-order valence-corrected chi connectivity index (χ2v) is 5.45. The summed E-state index contributed by atoms with van der Waals surface area (Å²) in [5.74, 6) is -1.59. The highest BCUT2D eigenvalue weighted by Crippen LogP contribution is 2.35. The van der Waals surface area contributed by atoms with Crippen molar-refractivity contribution in [3.05, 3.63) is 41.5 Å². The van der Waals surface area contributed by atoms with Crippen LogP contribution in [0.4, 0.5) is 8.78 Å². The van der Waals surface area contributed by atoms with Gasteiger partial charge in [0.25, 0.3) is 0 Å². The van der Waals surface area contributed by atoms with Gasteiger partial charge in [0.2, 0.25) is 5.91 Å². The van der Waals surface area contributed by atoms with Crippen molar-refractivity contribution in [1.29, 1.82) is 0 Å². The molecule has 1 saturated carbocycles. The quantitative estimate of drug-likeness (QED) is 0.759. The number of rotatable bonds is 7. The van der Waals surface area contributed by atoms with Crippen LogP contribution < -0.4 is 10.1 Å². The molecule has 0 aromatic heterocycles. The minimum atomic E-state index is -1.01. The SMILES string of the molecule is C/C(=C/C(=O)NCC(O)COc1ccc(F)c(F)c1)C1CC1. The molecule has 1 fully saturated rings. The Bertz CT molecular complexity index is 571. The van der Waals surface area contributed by atoms with E-state index in [4.69, 9.17) is 4.74 Å². The van der Waals surface area contributed by atoms with Crippen LogP contribution in [0.3, 0.4) is 0 Å². The number of hydrogen-bond acceptors (Lipinski definition) is 3. The minimum Gasteiger partial charge on any atom is -0.491 e. The van der Waals surface area contributed by atoms with Gasteiger partial charge >= 0.3 is 0 Å². The lowest BCUT2D eigenvalue weighted by Crippen LogP contribution is -2.34. The van der Waals surface area contributed by atoms with Gasteiger partial charge in [0.05, 0.1) is 0 Å². The van der Waals surface area contributed by atoms with Crippen molar-refractivity contribution in [1.82, 2.24) is 5.32 Å². The first-order chi connectivity index (χ1) is 10.5. The third kappa shape index (κ3) is 5.11. The highest BCUT2D eigenvalue weighted by molar-refractivity contribution is 5.88. The zero-order valence-electron chi connectivity index (χ0n) is 12.3. The summed E-state index contributed by atoms with van der Waals surface area (Å²) in [6.07, 6.45) is 2.85. The second kappa shape index (κ2) is 7.35. The van der Waals surface area contributed by atoms with Gasteiger partial charge in [0, 0.05) is 18.7 Å². The summed E-state index contributed by atoms with van der Waals surface area (Å²) in [4.78, 5) is 11.6. The van der Waals surface area contributed by atoms with Gasteiger partial charge in [-0.15, -0.1) is 0 Å². The fourth-order valence-electron chi connectivity index (χ4n) is 1.95. The number of benzene rings is 1. The fraction of sp³-hybridized carbons (Fsp3) is 0.438. The Hall–Kier alpha value is -1.95. The van der Waals surface area contributed by atoms with E-state index in [-0.39, 0.29) is 24.8 Å². The van der Waals surface area contributed by atoms with Gasteiger partial charge in [0.1, 0.15) is 18.5 Å². The summed E-state index contributed by atoms with van der Waals surface area (Å²) in [5.41, 5.74) is 1.05. The van der Waals surface area contributed by atoms with Crippen LogP contribution in [0.25, 0.3) is 0 Å². The lowest BCUT2D eigenvalue weighted by atomic mass is 10.2. The summed E-state index contributed by atoms with van der Waals surface area (Å²) in [7, 11) is 0. The summed E-state index contributed by atoms with van der Waals surface area (Å²) in [6.45, 7) is 1.81. The fourth-order valence-corrected chi connectivity index (χ4v) is 1.95. The highest BCUT2D eigenvalue weighted by atomic mass is 19.2. The number of aliphatic hydroxyl groups excluding tert-OH is 1. The Balaban J connectivity index is 1.71. The van der Waals surface area contributed by atoms with Crippen molar-refractivity contribution in [2.24, 2.45) is 5.92 Å². The van der Waals surface area contributed by atoms with Crippen molar-refractivity contribution >= 4 is 5.91 Å². The van der Waals surface area contributed by atoms with E-state index in [2.05, 4.69) is 5.32 Å². The monoisotopic (exact) mass is 311 g/mol. The van der Waals surface area contributed by atoms with E-state index in [1.807, 2.05) is 6.92 Å². The average molecular weight is 311 g/mol. The van der Waals surface area contributed by atoms with Gasteiger partial charge < -0.3 is 15.2 Å². The molecule has 2 N–H and O–H groups in total. The van der Waals surface area contributed by atoms with E-state index in [9.17, 15) is 18.7 Å². The van der Waals surface area contributed by atoms with E-state index >= 15 is 0 Å². The largest absolute Gasteiger partial charge is 0.491 e. The van der Waals surface area contributed by atoms with Crippen LogP contribution in [-0.2, 0) is 4.79 Å². The molecule has 0 heterocycles. The second-order valence-electron chi connectivity index (χ2n) is 5.45. The maximum Gasteiger partial charge on any atom is 0.244 e. The molecule has 0 aliphatic heterocycles. The molecule has 1 aromatic rings. The molecule has 120 valence electrons. The number of carbonyl (C=O) groups excluding carboxylic acids is 1. The summed E-state index contributed by atoms with van der Waals surface area (Å²) >= 11 is 0. The molecule has 0 radical (unpaired) electrons. The third-order valence-corrected chi connectivity index (χ3v) is 3.43. The number of allylic oxidation sites excluding steroid dienone is 1. The number of nitrogens with one attached hydrogen (secondary N) is 1. The van der Waals surface area contributed by atoms with Crippen LogP contribution in [0.2, 0.25) is 0 Å². The standard InChI is InChI=1S/C16H19F2NO3/c1-10(11-2-3-11)6-16(21)19-8-12(20)9-22-13-4-5-14(17)15(18)7-13/h4-7,11-12,20H,2-3,8-9H2,1H3,(H,19,21)/b10-6-. The van der Waals surface area contributed by atoms with Gasteiger partial charge in [0.15, 0.2) is 11.6 Å². The zero-order chi connectivity index (χ0) is 16.1. The molecule has 4 nitrogen and oxygen atoms in total. The Labute approximate surface area is 127 Å². The normalized spacial score (nSPS) is 16.3. The predicted octanol–water partition coefficient (Wildman–Crippen LogP) is 2.18. The molecule has 0 bridgehead atoms. The topological polar surface area (TPSA) is 58.6 Å². The van der Waals surface area contributed by atoms with Crippen molar-refractivity contribution < 1.29 is 23.4 Å². The molecule has 1 amide bonds. The van der Waals surface area contributed by atoms with Crippen LogP contribution in [0.5, 0.6) is 5.75 Å². The maximum absolute atomic E-state index is 13.0. The number of hydrogen-bond donors (Lipinski definition) is 2. The first-order valence-electron chi connectivity index (χ1n) is 7.17. The molecule has 6 heteroatoms. The van der Waals surface area contributed by atoms with Gasteiger partial charge in [-0.05, 0) is 37.8 Å². The molecule has 1 aliphatic rings. The van der Waals surface area contributed by atoms with E-state index in [1.54, 1.807) is 6.08 Å². The van der Waals surface area contributed by atoms with Crippen molar-refractivity contribution in [3.63, 3.8) is 0 Å². The number of halogens is 2. The molecule has 1 unspecified atom stereocenters. The molecule has 0 saturated heterocycles. The average Bonchev–Trinajstić information content (AvgIpc) is 3.31. The van der Waals surface area contributed by atoms with E-state index < -0.39 is 17.7 Å². The number of amides is 1. The predicted molar refractivity (Wildman–Crippen MR) is 77.4 cm³/mol. The van der Waals surface area contributed by atoms with E-state index in [0.717, 1.165) is 30.5 Å². The van der Waals surface area contributed by atoms with Crippen molar-refractivity contribution in [2.75, 3.05) is 13.2 Å². The lowest BCUT2D eigenvalue weighted by Gasteiger charge is -2.13. The molecule has 0 spiro atoms. The Morgan fingerprint density at radius 3 is 2.82 bits per heavy atom. The first kappa shape index (κ1) is 16.4. The highest BCUT2D eigenvalue weighted by Gasteiger charge is 2.23. The van der Waals surface area contributed by atoms with Crippen LogP contribution in [0.1, 0.15) is 19.8 Å². The smallest absolute Gasteiger partial charge is 0.244 e. The molecule has 22 heavy (non-hydrogen) atoms. The number of carbonyl (C=O) groups is 1. The molecular formula is C16H19F2NO3. The summed E-state index contributed by atoms with van der Waals surface area (Å²) in [6, 6.07) is 3.12. The Morgan fingerprint density at radius 2 is 2.18 bits per heavy atom. The van der Waals surface area contributed by atoms with Crippen molar-refractivity contribution in [3.8, 4) is 5.75 Å². The molecular weight excluding hydrogens is 292 g/mol. The van der Waals surface area contributed by atoms with Crippen LogP contribution >= 0.6 is 0 Å². The number of aliphatic hydroxyl groups is 1. The number of ether oxygens (including phenoxy) is 1. The van der Waals surface area contributed by atoms with Gasteiger partial charge in [-0.3, -0.25) is 4.79 Å². The molecule has 2 rings (SSSR count). The van der Waals surface area contributed by atoms with Crippen LogP contribution in [-0.4, -0.2) is 30.3 Å². The van der Waals surface area contributed by atoms with E-state index in [0.29, 0.717) is 5.92 Å². The van der Waals surface area contributed by atoms with Crippen LogP contribution in [0, 0.1) is 17.6 Å². The summed E-state index contributed by atoms with van der Waals surface area (Å²) < 4.78 is 30.8. The first-order valence-corrected chi connectivity index (χ1v) is 7.17. The molecule has 1 atom stereocenters. The van der Waals surface area contributed by atoms with Crippen molar-refractivity contribution in [2.45, 2.75) is 25.9 Å². The molecule has 1 aliphatic carbocycles.